The lowest BCUT2D eigenvalue weighted by atomic mass is 9.90. The van der Waals surface area contributed by atoms with Crippen molar-refractivity contribution < 1.29 is 14.3 Å². The topological polar surface area (TPSA) is 43.4 Å². The monoisotopic (exact) mass is 278 g/mol. The van der Waals surface area contributed by atoms with Gasteiger partial charge in [0.15, 0.2) is 5.78 Å². The van der Waals surface area contributed by atoms with Crippen molar-refractivity contribution in [3.63, 3.8) is 0 Å². The van der Waals surface area contributed by atoms with Crippen LogP contribution in [0, 0.1) is 11.3 Å². The molecule has 0 amide bonds. The molecule has 0 unspecified atom stereocenters. The van der Waals surface area contributed by atoms with E-state index in [9.17, 15) is 9.59 Å². The maximum absolute atomic E-state index is 12.9. The number of Topliss-reactive ketones (excluding diaryl/α,β-unsaturated/α-hetero) is 1. The average Bonchev–Trinajstić information content (AvgIpc) is 3.12. The number of esters is 1. The number of ketones is 1. The first-order chi connectivity index (χ1) is 10.3. The quantitative estimate of drug-likeness (QED) is 0.492. The van der Waals surface area contributed by atoms with Crippen molar-refractivity contribution in [2.24, 2.45) is 11.3 Å². The number of fused-ring (bicyclic) bond motifs is 1. The Hall–Kier alpha value is -2.42. The Morgan fingerprint density at radius 1 is 1.00 bits per heavy atom. The van der Waals surface area contributed by atoms with Gasteiger partial charge in [0.2, 0.25) is 0 Å². The average molecular weight is 278 g/mol. The van der Waals surface area contributed by atoms with Gasteiger partial charge in [0.1, 0.15) is 5.41 Å². The Morgan fingerprint density at radius 3 is 2.29 bits per heavy atom. The van der Waals surface area contributed by atoms with E-state index in [1.165, 1.54) is 0 Å². The van der Waals surface area contributed by atoms with Crippen LogP contribution in [-0.2, 0) is 9.53 Å². The van der Waals surface area contributed by atoms with Crippen LogP contribution in [0.2, 0.25) is 0 Å². The summed E-state index contributed by atoms with van der Waals surface area (Å²) < 4.78 is 5.15. The molecule has 1 saturated heterocycles. The first kappa shape index (κ1) is 12.3. The number of ether oxygens (including phenoxy) is 1. The molecular formula is C18H14O3. The maximum Gasteiger partial charge on any atom is 0.321 e. The Labute approximate surface area is 122 Å². The number of carbonyl (C=O) groups excluding carboxylic acids is 2. The summed E-state index contributed by atoms with van der Waals surface area (Å²) in [7, 11) is 0. The molecule has 4 rings (SSSR count). The highest BCUT2D eigenvalue weighted by Gasteiger charge is 2.78. The lowest BCUT2D eigenvalue weighted by Crippen LogP contribution is -2.27. The fraction of sp³-hybridized carbons (Fsp3) is 0.222. The van der Waals surface area contributed by atoms with Crippen LogP contribution in [0.4, 0.5) is 0 Å². The molecule has 2 fully saturated rings. The Bertz CT molecular complexity index is 708. The molecule has 0 bridgehead atoms. The Morgan fingerprint density at radius 2 is 1.62 bits per heavy atom. The maximum atomic E-state index is 12.9. The number of carbonyl (C=O) groups is 2. The standard InChI is InChI=1S/C18H14O3/c19-16(13-9-5-2-6-10-13)18-14(11-21-17(18)20)15(18)12-7-3-1-4-8-12/h1-10,14-15H,11H2/t14-,15-,18+/m1/s1. The van der Waals surface area contributed by atoms with Gasteiger partial charge in [-0.15, -0.1) is 0 Å². The minimum Gasteiger partial charge on any atom is -0.465 e. The van der Waals surface area contributed by atoms with Crippen LogP contribution in [0.5, 0.6) is 0 Å². The van der Waals surface area contributed by atoms with Crippen LogP contribution < -0.4 is 0 Å². The van der Waals surface area contributed by atoms with Gasteiger partial charge >= 0.3 is 5.97 Å². The first-order valence-corrected chi connectivity index (χ1v) is 7.08. The summed E-state index contributed by atoms with van der Waals surface area (Å²) in [4.78, 5) is 25.2. The largest absolute Gasteiger partial charge is 0.465 e. The molecular weight excluding hydrogens is 264 g/mol. The molecule has 104 valence electrons. The van der Waals surface area contributed by atoms with E-state index >= 15 is 0 Å². The molecule has 0 aromatic heterocycles. The summed E-state index contributed by atoms with van der Waals surface area (Å²) in [6.45, 7) is 0.344. The number of hydrogen-bond donors (Lipinski definition) is 0. The molecule has 1 saturated carbocycles. The van der Waals surface area contributed by atoms with E-state index in [0.717, 1.165) is 5.56 Å². The summed E-state index contributed by atoms with van der Waals surface area (Å²) in [5.41, 5.74) is 0.631. The smallest absolute Gasteiger partial charge is 0.321 e. The molecule has 0 radical (unpaired) electrons. The Balaban J connectivity index is 1.77. The van der Waals surface area contributed by atoms with Crippen LogP contribution in [0.3, 0.4) is 0 Å². The zero-order chi connectivity index (χ0) is 14.4. The Kier molecular flexibility index (Phi) is 2.52. The predicted octanol–water partition coefficient (Wildman–Crippen LogP) is 2.83. The molecule has 3 heteroatoms. The van der Waals surface area contributed by atoms with E-state index in [2.05, 4.69) is 0 Å². The van der Waals surface area contributed by atoms with Gasteiger partial charge in [0.25, 0.3) is 0 Å². The summed E-state index contributed by atoms with van der Waals surface area (Å²) in [5, 5.41) is 0. The van der Waals surface area contributed by atoms with E-state index in [1.807, 2.05) is 48.5 Å². The molecule has 3 nitrogen and oxygen atoms in total. The zero-order valence-electron chi connectivity index (χ0n) is 11.4. The SMILES string of the molecule is O=C1OC[C@@H]2[C@@H](c3ccccc3)[C@@]12C(=O)c1ccccc1. The van der Waals surface area contributed by atoms with Crippen molar-refractivity contribution in [3.8, 4) is 0 Å². The van der Waals surface area contributed by atoms with Gasteiger partial charge in [-0.25, -0.2) is 0 Å². The second kappa shape index (κ2) is 4.29. The van der Waals surface area contributed by atoms with Gasteiger partial charge < -0.3 is 4.74 Å². The van der Waals surface area contributed by atoms with E-state index < -0.39 is 5.41 Å². The van der Waals surface area contributed by atoms with Crippen LogP contribution in [0.15, 0.2) is 60.7 Å². The molecule has 0 N–H and O–H groups in total. The molecule has 3 atom stereocenters. The van der Waals surface area contributed by atoms with Crippen molar-refractivity contribution in [1.29, 1.82) is 0 Å². The predicted molar refractivity (Wildman–Crippen MR) is 76.8 cm³/mol. The second-order valence-electron chi connectivity index (χ2n) is 5.66. The summed E-state index contributed by atoms with van der Waals surface area (Å²) >= 11 is 0. The van der Waals surface area contributed by atoms with Crippen LogP contribution in [-0.4, -0.2) is 18.4 Å². The first-order valence-electron chi connectivity index (χ1n) is 7.08. The van der Waals surface area contributed by atoms with Gasteiger partial charge in [-0.3, -0.25) is 9.59 Å². The van der Waals surface area contributed by atoms with E-state index in [0.29, 0.717) is 12.2 Å². The van der Waals surface area contributed by atoms with Gasteiger partial charge in [-0.2, -0.15) is 0 Å². The third-order valence-electron chi connectivity index (χ3n) is 4.67. The summed E-state index contributed by atoms with van der Waals surface area (Å²) in [5.74, 6) is -0.549. The van der Waals surface area contributed by atoms with Gasteiger partial charge in [0.05, 0.1) is 6.61 Å². The molecule has 1 aliphatic carbocycles. The van der Waals surface area contributed by atoms with Crippen molar-refractivity contribution in [3.05, 3.63) is 71.8 Å². The minimum absolute atomic E-state index is 0.0277. The van der Waals surface area contributed by atoms with E-state index in [4.69, 9.17) is 4.74 Å². The van der Waals surface area contributed by atoms with E-state index in [-0.39, 0.29) is 23.6 Å². The highest BCUT2D eigenvalue weighted by atomic mass is 16.5. The number of hydrogen-bond acceptors (Lipinski definition) is 3. The summed E-state index contributed by atoms with van der Waals surface area (Å²) in [6, 6.07) is 18.8. The zero-order valence-corrected chi connectivity index (χ0v) is 11.4. The summed E-state index contributed by atoms with van der Waals surface area (Å²) in [6.07, 6.45) is 0. The van der Waals surface area contributed by atoms with Crippen LogP contribution in [0.1, 0.15) is 21.8 Å². The minimum atomic E-state index is -0.997. The van der Waals surface area contributed by atoms with E-state index in [1.54, 1.807) is 12.1 Å². The van der Waals surface area contributed by atoms with Crippen molar-refractivity contribution >= 4 is 11.8 Å². The van der Waals surface area contributed by atoms with Crippen molar-refractivity contribution in [1.82, 2.24) is 0 Å². The second-order valence-corrected chi connectivity index (χ2v) is 5.66. The number of rotatable bonds is 3. The number of benzene rings is 2. The number of cyclic esters (lactones) is 1. The highest BCUT2D eigenvalue weighted by Crippen LogP contribution is 2.69. The van der Waals surface area contributed by atoms with Gasteiger partial charge in [-0.1, -0.05) is 60.7 Å². The molecule has 2 aliphatic rings. The molecule has 2 aromatic carbocycles. The molecule has 21 heavy (non-hydrogen) atoms. The fourth-order valence-corrected chi connectivity index (χ4v) is 3.64. The molecule has 1 heterocycles. The van der Waals surface area contributed by atoms with Crippen molar-refractivity contribution in [2.45, 2.75) is 5.92 Å². The third kappa shape index (κ3) is 1.54. The third-order valence-corrected chi connectivity index (χ3v) is 4.67. The van der Waals surface area contributed by atoms with Gasteiger partial charge in [0, 0.05) is 17.4 Å². The highest BCUT2D eigenvalue weighted by molar-refractivity contribution is 6.17. The van der Waals surface area contributed by atoms with Crippen LogP contribution >= 0.6 is 0 Å². The normalized spacial score (nSPS) is 29.6. The molecule has 1 aliphatic heterocycles. The molecule has 2 aromatic rings. The fourth-order valence-electron chi connectivity index (χ4n) is 3.64. The van der Waals surface area contributed by atoms with Crippen LogP contribution in [0.25, 0.3) is 0 Å². The van der Waals surface area contributed by atoms with Crippen molar-refractivity contribution in [2.75, 3.05) is 6.61 Å². The lowest BCUT2D eigenvalue weighted by Gasteiger charge is -2.12. The lowest BCUT2D eigenvalue weighted by molar-refractivity contribution is -0.143. The molecule has 0 spiro atoms. The van der Waals surface area contributed by atoms with Gasteiger partial charge in [-0.05, 0) is 5.56 Å².